The molecule has 1 unspecified atom stereocenters. The van der Waals surface area contributed by atoms with Gasteiger partial charge < -0.3 is 9.84 Å². The number of unbranched alkanes of at least 4 members (excludes halogenated alkanes) is 6. The quantitative estimate of drug-likeness (QED) is 0.621. The van der Waals surface area contributed by atoms with Crippen molar-refractivity contribution < 1.29 is 14.6 Å². The zero-order chi connectivity index (χ0) is 13.9. The summed E-state index contributed by atoms with van der Waals surface area (Å²) in [7, 11) is 0. The number of carboxylic acids is 1. The zero-order valence-electron chi connectivity index (χ0n) is 12.3. The summed E-state index contributed by atoms with van der Waals surface area (Å²) in [6, 6.07) is -0.306. The zero-order valence-corrected chi connectivity index (χ0v) is 12.3. The number of ether oxygens (including phenoxy) is 1. The molecule has 0 aliphatic carbocycles. The number of hydrogen-bond acceptors (Lipinski definition) is 3. The lowest BCUT2D eigenvalue weighted by Crippen LogP contribution is -2.47. The Labute approximate surface area is 117 Å². The molecule has 1 saturated heterocycles. The third-order valence-electron chi connectivity index (χ3n) is 3.85. The Balaban J connectivity index is 2.13. The smallest absolute Gasteiger partial charge is 0.320 e. The number of hydrogen-bond donors (Lipinski definition) is 1. The normalized spacial score (nSPS) is 18.4. The Morgan fingerprint density at radius 1 is 1.11 bits per heavy atom. The third kappa shape index (κ3) is 6.92. The summed E-state index contributed by atoms with van der Waals surface area (Å²) in [5.74, 6) is -0.673. The molecule has 0 saturated carbocycles. The van der Waals surface area contributed by atoms with E-state index >= 15 is 0 Å². The van der Waals surface area contributed by atoms with Crippen LogP contribution in [0.5, 0.6) is 0 Å². The average Bonchev–Trinajstić information content (AvgIpc) is 2.42. The molecule has 19 heavy (non-hydrogen) atoms. The number of rotatable bonds is 10. The van der Waals surface area contributed by atoms with Crippen molar-refractivity contribution in [3.8, 4) is 0 Å². The first-order valence-electron chi connectivity index (χ1n) is 7.80. The van der Waals surface area contributed by atoms with Gasteiger partial charge in [0.25, 0.3) is 0 Å². The molecule has 1 atom stereocenters. The number of aliphatic carboxylic acids is 1. The van der Waals surface area contributed by atoms with Gasteiger partial charge in [-0.1, -0.05) is 51.9 Å². The second-order valence-corrected chi connectivity index (χ2v) is 5.41. The Bertz CT molecular complexity index is 240. The molecule has 1 N–H and O–H groups in total. The predicted molar refractivity (Wildman–Crippen MR) is 76.4 cm³/mol. The molecule has 4 nitrogen and oxygen atoms in total. The lowest BCUT2D eigenvalue weighted by Gasteiger charge is -2.31. The van der Waals surface area contributed by atoms with Gasteiger partial charge in [0.15, 0.2) is 0 Å². The van der Waals surface area contributed by atoms with E-state index in [0.717, 1.165) is 32.4 Å². The van der Waals surface area contributed by atoms with Crippen LogP contribution in [-0.2, 0) is 9.53 Å². The highest BCUT2D eigenvalue weighted by molar-refractivity contribution is 5.73. The van der Waals surface area contributed by atoms with Gasteiger partial charge in [0.1, 0.15) is 6.04 Å². The molecule has 1 heterocycles. The SMILES string of the molecule is CCCCCCCCCC(C(=O)O)N1CCOCC1. The van der Waals surface area contributed by atoms with Crippen molar-refractivity contribution in [1.29, 1.82) is 0 Å². The first kappa shape index (κ1) is 16.4. The molecule has 0 spiro atoms. The van der Waals surface area contributed by atoms with Gasteiger partial charge in [-0.05, 0) is 6.42 Å². The van der Waals surface area contributed by atoms with Gasteiger partial charge >= 0.3 is 5.97 Å². The first-order valence-corrected chi connectivity index (χ1v) is 7.80. The van der Waals surface area contributed by atoms with Crippen LogP contribution in [0.4, 0.5) is 0 Å². The number of carboxylic acid groups (broad SMARTS) is 1. The first-order chi connectivity index (χ1) is 9.25. The van der Waals surface area contributed by atoms with Crippen LogP contribution < -0.4 is 0 Å². The van der Waals surface area contributed by atoms with Crippen molar-refractivity contribution in [2.75, 3.05) is 26.3 Å². The number of nitrogens with zero attached hydrogens (tertiary/aromatic N) is 1. The molecule has 0 amide bonds. The lowest BCUT2D eigenvalue weighted by atomic mass is 10.0. The van der Waals surface area contributed by atoms with Crippen LogP contribution in [0.1, 0.15) is 58.3 Å². The van der Waals surface area contributed by atoms with Crippen LogP contribution >= 0.6 is 0 Å². The van der Waals surface area contributed by atoms with Crippen LogP contribution in [0, 0.1) is 0 Å². The molecule has 112 valence electrons. The average molecular weight is 271 g/mol. The van der Waals surface area contributed by atoms with Gasteiger partial charge in [0, 0.05) is 13.1 Å². The van der Waals surface area contributed by atoms with E-state index in [1.165, 1.54) is 32.1 Å². The minimum atomic E-state index is -0.673. The van der Waals surface area contributed by atoms with E-state index in [0.29, 0.717) is 13.2 Å². The monoisotopic (exact) mass is 271 g/mol. The summed E-state index contributed by atoms with van der Waals surface area (Å²) in [5.41, 5.74) is 0. The second-order valence-electron chi connectivity index (χ2n) is 5.41. The fraction of sp³-hybridized carbons (Fsp3) is 0.933. The van der Waals surface area contributed by atoms with Gasteiger partial charge in [-0.25, -0.2) is 0 Å². The summed E-state index contributed by atoms with van der Waals surface area (Å²) in [6.45, 7) is 5.07. The molecule has 1 aliphatic rings. The summed E-state index contributed by atoms with van der Waals surface area (Å²) >= 11 is 0. The predicted octanol–water partition coefficient (Wildman–Crippen LogP) is 2.91. The molecule has 0 radical (unpaired) electrons. The maximum Gasteiger partial charge on any atom is 0.320 e. The van der Waals surface area contributed by atoms with E-state index in [9.17, 15) is 9.90 Å². The van der Waals surface area contributed by atoms with Gasteiger partial charge in [-0.15, -0.1) is 0 Å². The molecule has 4 heteroatoms. The van der Waals surface area contributed by atoms with Crippen LogP contribution in [-0.4, -0.2) is 48.3 Å². The Hall–Kier alpha value is -0.610. The summed E-state index contributed by atoms with van der Waals surface area (Å²) in [6.07, 6.45) is 9.44. The molecule has 1 fully saturated rings. The van der Waals surface area contributed by atoms with E-state index in [-0.39, 0.29) is 6.04 Å². The standard InChI is InChI=1S/C15H29NO3/c1-2-3-4-5-6-7-8-9-14(15(17)18)16-10-12-19-13-11-16/h14H,2-13H2,1H3,(H,17,18). The number of carbonyl (C=O) groups is 1. The van der Waals surface area contributed by atoms with E-state index < -0.39 is 5.97 Å². The highest BCUT2D eigenvalue weighted by Gasteiger charge is 2.26. The second kappa shape index (κ2) is 10.2. The van der Waals surface area contributed by atoms with Gasteiger partial charge in [-0.3, -0.25) is 9.69 Å². The molecule has 0 aromatic heterocycles. The third-order valence-corrected chi connectivity index (χ3v) is 3.85. The molecule has 0 aromatic rings. The molecule has 0 bridgehead atoms. The summed E-state index contributed by atoms with van der Waals surface area (Å²) in [5, 5.41) is 9.32. The minimum Gasteiger partial charge on any atom is -0.480 e. The van der Waals surface area contributed by atoms with Crippen molar-refractivity contribution in [3.63, 3.8) is 0 Å². The fourth-order valence-corrected chi connectivity index (χ4v) is 2.65. The molecule has 0 aromatic carbocycles. The molecule has 1 rings (SSSR count). The minimum absolute atomic E-state index is 0.306. The molecular formula is C15H29NO3. The van der Waals surface area contributed by atoms with Crippen molar-refractivity contribution in [2.24, 2.45) is 0 Å². The highest BCUT2D eigenvalue weighted by Crippen LogP contribution is 2.14. The topological polar surface area (TPSA) is 49.8 Å². The Morgan fingerprint density at radius 3 is 2.26 bits per heavy atom. The van der Waals surface area contributed by atoms with Crippen molar-refractivity contribution in [3.05, 3.63) is 0 Å². The van der Waals surface area contributed by atoms with E-state index in [1.807, 2.05) is 0 Å². The van der Waals surface area contributed by atoms with E-state index in [1.54, 1.807) is 0 Å². The molecular weight excluding hydrogens is 242 g/mol. The van der Waals surface area contributed by atoms with Crippen molar-refractivity contribution in [2.45, 2.75) is 64.3 Å². The Morgan fingerprint density at radius 2 is 1.68 bits per heavy atom. The van der Waals surface area contributed by atoms with E-state index in [4.69, 9.17) is 4.74 Å². The maximum absolute atomic E-state index is 11.3. The van der Waals surface area contributed by atoms with Crippen molar-refractivity contribution in [1.82, 2.24) is 4.90 Å². The Kier molecular flexibility index (Phi) is 8.84. The van der Waals surface area contributed by atoms with Crippen LogP contribution in [0.2, 0.25) is 0 Å². The van der Waals surface area contributed by atoms with Crippen LogP contribution in [0.25, 0.3) is 0 Å². The van der Waals surface area contributed by atoms with Gasteiger partial charge in [-0.2, -0.15) is 0 Å². The lowest BCUT2D eigenvalue weighted by molar-refractivity contribution is -0.145. The summed E-state index contributed by atoms with van der Waals surface area (Å²) < 4.78 is 5.28. The summed E-state index contributed by atoms with van der Waals surface area (Å²) in [4.78, 5) is 13.4. The van der Waals surface area contributed by atoms with E-state index in [2.05, 4.69) is 11.8 Å². The molecule has 1 aliphatic heterocycles. The maximum atomic E-state index is 11.3. The van der Waals surface area contributed by atoms with Crippen LogP contribution in [0.15, 0.2) is 0 Å². The number of morpholine rings is 1. The van der Waals surface area contributed by atoms with Gasteiger partial charge in [0.05, 0.1) is 13.2 Å². The van der Waals surface area contributed by atoms with Gasteiger partial charge in [0.2, 0.25) is 0 Å². The highest BCUT2D eigenvalue weighted by atomic mass is 16.5. The van der Waals surface area contributed by atoms with Crippen LogP contribution in [0.3, 0.4) is 0 Å². The largest absolute Gasteiger partial charge is 0.480 e. The fourth-order valence-electron chi connectivity index (χ4n) is 2.65. The van der Waals surface area contributed by atoms with Crippen molar-refractivity contribution >= 4 is 5.97 Å².